The van der Waals surface area contributed by atoms with E-state index in [9.17, 15) is 18.3 Å². The van der Waals surface area contributed by atoms with Crippen LogP contribution < -0.4 is 4.74 Å². The second-order valence-corrected chi connectivity index (χ2v) is 4.63. The lowest BCUT2D eigenvalue weighted by molar-refractivity contribution is -0.175. The van der Waals surface area contributed by atoms with E-state index in [4.69, 9.17) is 4.74 Å². The number of alkyl halides is 3. The highest BCUT2D eigenvalue weighted by molar-refractivity contribution is 5.37. The average molecular weight is 292 g/mol. The zero-order valence-corrected chi connectivity index (χ0v) is 11.5. The fourth-order valence-corrected chi connectivity index (χ4v) is 1.83. The largest absolute Gasteiger partial charge is 0.496 e. The van der Waals surface area contributed by atoms with Crippen molar-refractivity contribution >= 4 is 0 Å². The third-order valence-electron chi connectivity index (χ3n) is 2.75. The Bertz CT molecular complexity index is 419. The highest BCUT2D eigenvalue weighted by atomic mass is 19.4. The summed E-state index contributed by atoms with van der Waals surface area (Å²) in [5.74, 6) is 0.658. The molecule has 0 aliphatic carbocycles. The molecule has 0 saturated carbocycles. The van der Waals surface area contributed by atoms with Crippen molar-refractivity contribution in [3.63, 3.8) is 0 Å². The summed E-state index contributed by atoms with van der Waals surface area (Å²) in [4.78, 5) is 0. The summed E-state index contributed by atoms with van der Waals surface area (Å²) in [6.07, 6.45) is -4.63. The Kier molecular flexibility index (Phi) is 6.29. The number of aryl methyl sites for hydroxylation is 1. The Morgan fingerprint density at radius 3 is 2.60 bits per heavy atom. The maximum absolute atomic E-state index is 11.9. The van der Waals surface area contributed by atoms with Crippen LogP contribution in [0.5, 0.6) is 5.75 Å². The molecule has 0 saturated heterocycles. The molecule has 0 aliphatic heterocycles. The molecule has 0 heterocycles. The number of methoxy groups -OCH3 is 1. The molecule has 6 heteroatoms. The van der Waals surface area contributed by atoms with Crippen LogP contribution in [0.1, 0.15) is 17.5 Å². The number of rotatable bonds is 7. The molecule has 1 rings (SSSR count). The van der Waals surface area contributed by atoms with Crippen LogP contribution in [0.3, 0.4) is 0 Å². The van der Waals surface area contributed by atoms with Crippen molar-refractivity contribution in [3.05, 3.63) is 29.3 Å². The first-order chi connectivity index (χ1) is 9.31. The van der Waals surface area contributed by atoms with Gasteiger partial charge in [-0.15, -0.1) is 0 Å². The summed E-state index contributed by atoms with van der Waals surface area (Å²) in [5, 5.41) is 9.83. The van der Waals surface area contributed by atoms with E-state index in [0.29, 0.717) is 12.2 Å². The lowest BCUT2D eigenvalue weighted by atomic mass is 10.0. The highest BCUT2D eigenvalue weighted by Gasteiger charge is 2.27. The monoisotopic (exact) mass is 292 g/mol. The van der Waals surface area contributed by atoms with Gasteiger partial charge in [-0.2, -0.15) is 13.2 Å². The molecular weight excluding hydrogens is 273 g/mol. The van der Waals surface area contributed by atoms with Crippen molar-refractivity contribution in [2.45, 2.75) is 32.0 Å². The zero-order valence-electron chi connectivity index (χ0n) is 11.5. The highest BCUT2D eigenvalue weighted by Crippen LogP contribution is 2.22. The number of hydrogen-bond donors (Lipinski definition) is 1. The molecule has 1 N–H and O–H groups in total. The molecule has 0 aliphatic rings. The molecule has 0 aromatic heterocycles. The van der Waals surface area contributed by atoms with Crippen molar-refractivity contribution in [3.8, 4) is 5.75 Å². The first-order valence-electron chi connectivity index (χ1n) is 6.28. The van der Waals surface area contributed by atoms with Crippen LogP contribution in [0.4, 0.5) is 13.2 Å². The van der Waals surface area contributed by atoms with Crippen LogP contribution in [0, 0.1) is 6.92 Å². The summed E-state index contributed by atoms with van der Waals surface area (Å²) >= 11 is 0. The van der Waals surface area contributed by atoms with E-state index < -0.39 is 18.9 Å². The summed E-state index contributed by atoms with van der Waals surface area (Å²) in [6.45, 7) is 0.504. The van der Waals surface area contributed by atoms with Gasteiger partial charge in [-0.25, -0.2) is 0 Å². The standard InChI is InChI=1S/C14H19F3O3/c1-10-3-4-13(19-2)11(7-10)8-12(18)5-6-20-9-14(15,16)17/h3-4,7,12,18H,5-6,8-9H2,1-2H3. The molecule has 3 nitrogen and oxygen atoms in total. The fourth-order valence-electron chi connectivity index (χ4n) is 1.83. The van der Waals surface area contributed by atoms with Gasteiger partial charge in [0, 0.05) is 13.0 Å². The minimum Gasteiger partial charge on any atom is -0.496 e. The topological polar surface area (TPSA) is 38.7 Å². The molecule has 1 atom stereocenters. The van der Waals surface area contributed by atoms with Gasteiger partial charge < -0.3 is 14.6 Å². The smallest absolute Gasteiger partial charge is 0.411 e. The van der Waals surface area contributed by atoms with E-state index in [-0.39, 0.29) is 13.0 Å². The van der Waals surface area contributed by atoms with Gasteiger partial charge in [0.25, 0.3) is 0 Å². The molecule has 0 bridgehead atoms. The molecule has 0 amide bonds. The van der Waals surface area contributed by atoms with Gasteiger partial charge in [0.05, 0.1) is 13.2 Å². The number of ether oxygens (including phenoxy) is 2. The third-order valence-corrected chi connectivity index (χ3v) is 2.75. The second kappa shape index (κ2) is 7.50. The minimum atomic E-state index is -4.33. The maximum atomic E-state index is 11.9. The van der Waals surface area contributed by atoms with E-state index in [1.54, 1.807) is 6.07 Å². The van der Waals surface area contributed by atoms with Gasteiger partial charge in [0.2, 0.25) is 0 Å². The van der Waals surface area contributed by atoms with Gasteiger partial charge in [0.15, 0.2) is 0 Å². The Hall–Kier alpha value is -1.27. The van der Waals surface area contributed by atoms with E-state index in [0.717, 1.165) is 11.1 Å². The van der Waals surface area contributed by atoms with Crippen LogP contribution >= 0.6 is 0 Å². The molecule has 1 aromatic rings. The van der Waals surface area contributed by atoms with E-state index in [2.05, 4.69) is 4.74 Å². The van der Waals surface area contributed by atoms with Gasteiger partial charge in [-0.1, -0.05) is 17.7 Å². The van der Waals surface area contributed by atoms with Gasteiger partial charge in [-0.3, -0.25) is 0 Å². The fraction of sp³-hybridized carbons (Fsp3) is 0.571. The number of aliphatic hydroxyl groups excluding tert-OH is 1. The molecule has 0 radical (unpaired) electrons. The summed E-state index contributed by atoms with van der Waals surface area (Å²) in [5.41, 5.74) is 1.86. The summed E-state index contributed by atoms with van der Waals surface area (Å²) in [7, 11) is 1.53. The van der Waals surface area contributed by atoms with E-state index in [1.807, 2.05) is 19.1 Å². The predicted octanol–water partition coefficient (Wildman–Crippen LogP) is 2.88. The van der Waals surface area contributed by atoms with Crippen LogP contribution in [-0.2, 0) is 11.2 Å². The third kappa shape index (κ3) is 6.25. The zero-order chi connectivity index (χ0) is 15.2. The Balaban J connectivity index is 2.42. The minimum absolute atomic E-state index is 0.130. The van der Waals surface area contributed by atoms with E-state index >= 15 is 0 Å². The molecule has 0 fully saturated rings. The van der Waals surface area contributed by atoms with Crippen molar-refractivity contribution in [2.24, 2.45) is 0 Å². The van der Waals surface area contributed by atoms with Gasteiger partial charge >= 0.3 is 6.18 Å². The number of benzene rings is 1. The van der Waals surface area contributed by atoms with Crippen molar-refractivity contribution < 1.29 is 27.8 Å². The summed E-state index contributed by atoms with van der Waals surface area (Å²) in [6, 6.07) is 5.58. The molecule has 1 aromatic carbocycles. The first kappa shape index (κ1) is 16.8. The molecule has 20 heavy (non-hydrogen) atoms. The van der Waals surface area contributed by atoms with Crippen molar-refractivity contribution in [2.75, 3.05) is 20.3 Å². The number of halogens is 3. The van der Waals surface area contributed by atoms with E-state index in [1.165, 1.54) is 7.11 Å². The Morgan fingerprint density at radius 2 is 2.00 bits per heavy atom. The van der Waals surface area contributed by atoms with Crippen LogP contribution in [0.15, 0.2) is 18.2 Å². The second-order valence-electron chi connectivity index (χ2n) is 4.63. The lowest BCUT2D eigenvalue weighted by Gasteiger charge is -2.14. The van der Waals surface area contributed by atoms with Crippen LogP contribution in [-0.4, -0.2) is 37.7 Å². The van der Waals surface area contributed by atoms with Crippen molar-refractivity contribution in [1.82, 2.24) is 0 Å². The van der Waals surface area contributed by atoms with Crippen LogP contribution in [0.25, 0.3) is 0 Å². The Labute approximate surface area is 116 Å². The van der Waals surface area contributed by atoms with Gasteiger partial charge in [-0.05, 0) is 25.0 Å². The molecule has 0 spiro atoms. The molecule has 1 unspecified atom stereocenters. The Morgan fingerprint density at radius 1 is 1.30 bits per heavy atom. The normalized spacial score (nSPS) is 13.3. The SMILES string of the molecule is COc1ccc(C)cc1CC(O)CCOCC(F)(F)F. The van der Waals surface area contributed by atoms with Crippen molar-refractivity contribution in [1.29, 1.82) is 0 Å². The number of hydrogen-bond acceptors (Lipinski definition) is 3. The molecule has 114 valence electrons. The number of aliphatic hydroxyl groups is 1. The molecular formula is C14H19F3O3. The quantitative estimate of drug-likeness (QED) is 0.785. The average Bonchev–Trinajstić information content (AvgIpc) is 2.34. The maximum Gasteiger partial charge on any atom is 0.411 e. The lowest BCUT2D eigenvalue weighted by Crippen LogP contribution is -2.20. The summed E-state index contributed by atoms with van der Waals surface area (Å²) < 4.78 is 45.2. The van der Waals surface area contributed by atoms with Crippen LogP contribution in [0.2, 0.25) is 0 Å². The van der Waals surface area contributed by atoms with Gasteiger partial charge in [0.1, 0.15) is 12.4 Å². The first-order valence-corrected chi connectivity index (χ1v) is 6.28. The predicted molar refractivity (Wildman–Crippen MR) is 68.9 cm³/mol.